The lowest BCUT2D eigenvalue weighted by atomic mass is 10.0. The summed E-state index contributed by atoms with van der Waals surface area (Å²) in [5.41, 5.74) is 2.47. The van der Waals surface area contributed by atoms with Gasteiger partial charge in [0.2, 0.25) is 0 Å². The first-order chi connectivity index (χ1) is 13.4. The Balaban J connectivity index is 1.46. The van der Waals surface area contributed by atoms with Gasteiger partial charge >= 0.3 is 6.03 Å². The van der Waals surface area contributed by atoms with Crippen molar-refractivity contribution in [3.63, 3.8) is 0 Å². The average Bonchev–Trinajstić information content (AvgIpc) is 2.68. The van der Waals surface area contributed by atoms with Gasteiger partial charge in [-0.1, -0.05) is 47.5 Å². The van der Waals surface area contributed by atoms with Gasteiger partial charge in [0.25, 0.3) is 5.91 Å². The summed E-state index contributed by atoms with van der Waals surface area (Å²) in [6, 6.07) is 12.7. The first-order valence-corrected chi connectivity index (χ1v) is 10.0. The molecule has 1 aliphatic heterocycles. The third-order valence-corrected chi connectivity index (χ3v) is 5.54. The van der Waals surface area contributed by atoms with E-state index in [0.717, 1.165) is 24.0 Å². The molecule has 0 atom stereocenters. The molecule has 0 radical (unpaired) electrons. The number of nitrogens with one attached hydrogen (secondary N) is 2. The number of carbonyl (C=O) groups excluding carboxylic acids is 2. The lowest BCUT2D eigenvalue weighted by molar-refractivity contribution is 0.0917. The van der Waals surface area contributed by atoms with Crippen molar-refractivity contribution in [2.75, 3.05) is 13.1 Å². The van der Waals surface area contributed by atoms with Crippen molar-refractivity contribution in [1.82, 2.24) is 15.5 Å². The molecule has 3 rings (SSSR count). The summed E-state index contributed by atoms with van der Waals surface area (Å²) in [5.74, 6) is -0.0571. The van der Waals surface area contributed by atoms with Crippen LogP contribution in [0.1, 0.15) is 34.3 Å². The zero-order valence-electron chi connectivity index (χ0n) is 15.7. The van der Waals surface area contributed by atoms with Crippen LogP contribution in [-0.2, 0) is 6.54 Å². The zero-order chi connectivity index (χ0) is 20.1. The molecule has 0 spiro atoms. The van der Waals surface area contributed by atoms with E-state index in [1.807, 2.05) is 31.2 Å². The minimum absolute atomic E-state index is 0.0571. The van der Waals surface area contributed by atoms with Crippen molar-refractivity contribution in [2.45, 2.75) is 32.4 Å². The fraction of sp³-hybridized carbons (Fsp3) is 0.333. The van der Waals surface area contributed by atoms with Crippen molar-refractivity contribution in [1.29, 1.82) is 0 Å². The van der Waals surface area contributed by atoms with Crippen LogP contribution in [0.25, 0.3) is 0 Å². The molecule has 28 heavy (non-hydrogen) atoms. The number of piperidine rings is 1. The predicted molar refractivity (Wildman–Crippen MR) is 112 cm³/mol. The second-order valence-electron chi connectivity index (χ2n) is 6.94. The normalized spacial score (nSPS) is 14.6. The van der Waals surface area contributed by atoms with E-state index < -0.39 is 0 Å². The largest absolute Gasteiger partial charge is 0.349 e. The highest BCUT2D eigenvalue weighted by Gasteiger charge is 2.24. The van der Waals surface area contributed by atoms with Gasteiger partial charge in [0.05, 0.1) is 0 Å². The Hall–Kier alpha value is -2.24. The van der Waals surface area contributed by atoms with Gasteiger partial charge in [-0.05, 0) is 49.1 Å². The third kappa shape index (κ3) is 5.18. The maximum Gasteiger partial charge on any atom is 0.317 e. The molecule has 7 heteroatoms. The molecule has 0 aliphatic carbocycles. The Morgan fingerprint density at radius 3 is 2.50 bits per heavy atom. The molecular weight excluding hydrogens is 397 g/mol. The van der Waals surface area contributed by atoms with E-state index >= 15 is 0 Å². The topological polar surface area (TPSA) is 61.4 Å². The van der Waals surface area contributed by atoms with Crippen molar-refractivity contribution in [2.24, 2.45) is 0 Å². The lowest BCUT2D eigenvalue weighted by Crippen LogP contribution is -2.49. The first-order valence-electron chi connectivity index (χ1n) is 9.27. The fourth-order valence-electron chi connectivity index (χ4n) is 3.27. The number of nitrogens with zero attached hydrogens (tertiary/aromatic N) is 1. The minimum Gasteiger partial charge on any atom is -0.349 e. The Morgan fingerprint density at radius 1 is 1.11 bits per heavy atom. The van der Waals surface area contributed by atoms with E-state index in [9.17, 15) is 9.59 Å². The van der Waals surface area contributed by atoms with Crippen LogP contribution in [-0.4, -0.2) is 36.0 Å². The maximum atomic E-state index is 12.4. The number of likely N-dealkylation sites (tertiary alicyclic amines) is 1. The minimum atomic E-state index is -0.130. The number of aryl methyl sites for hydroxylation is 1. The molecule has 148 valence electrons. The fourth-order valence-corrected chi connectivity index (χ4v) is 3.74. The van der Waals surface area contributed by atoms with Crippen molar-refractivity contribution in [3.8, 4) is 0 Å². The Bertz CT molecular complexity index is 864. The van der Waals surface area contributed by atoms with Gasteiger partial charge in [0, 0.05) is 41.3 Å². The summed E-state index contributed by atoms with van der Waals surface area (Å²) in [7, 11) is 0. The number of urea groups is 1. The van der Waals surface area contributed by atoms with Crippen LogP contribution in [0.2, 0.25) is 10.0 Å². The van der Waals surface area contributed by atoms with Crippen LogP contribution in [0, 0.1) is 6.92 Å². The highest BCUT2D eigenvalue weighted by Crippen LogP contribution is 2.21. The summed E-state index contributed by atoms with van der Waals surface area (Å²) in [6.07, 6.45) is 1.46. The molecule has 1 saturated heterocycles. The molecule has 2 N–H and O–H groups in total. The molecule has 0 saturated carbocycles. The molecule has 0 bridgehead atoms. The number of halogens is 2. The highest BCUT2D eigenvalue weighted by molar-refractivity contribution is 6.35. The summed E-state index contributed by atoms with van der Waals surface area (Å²) in [5, 5.41) is 7.07. The monoisotopic (exact) mass is 419 g/mol. The molecule has 0 aromatic heterocycles. The smallest absolute Gasteiger partial charge is 0.317 e. The summed E-state index contributed by atoms with van der Waals surface area (Å²) >= 11 is 12.0. The number of hydrogen-bond donors (Lipinski definition) is 2. The maximum absolute atomic E-state index is 12.4. The quantitative estimate of drug-likeness (QED) is 0.770. The zero-order valence-corrected chi connectivity index (χ0v) is 17.2. The SMILES string of the molecule is Cc1ccccc1C(=O)NC1CCN(C(=O)NCc2ccc(Cl)cc2Cl)CC1. The second-order valence-corrected chi connectivity index (χ2v) is 7.79. The molecule has 3 amide bonds. The van der Waals surface area contributed by atoms with Crippen molar-refractivity contribution in [3.05, 3.63) is 69.2 Å². The van der Waals surface area contributed by atoms with Crippen LogP contribution in [0.4, 0.5) is 4.79 Å². The third-order valence-electron chi connectivity index (χ3n) is 4.95. The lowest BCUT2D eigenvalue weighted by Gasteiger charge is -2.32. The van der Waals surface area contributed by atoms with Gasteiger partial charge in [0.1, 0.15) is 0 Å². The van der Waals surface area contributed by atoms with Crippen molar-refractivity contribution >= 4 is 35.1 Å². The first kappa shape index (κ1) is 20.5. The summed E-state index contributed by atoms with van der Waals surface area (Å²) in [6.45, 7) is 3.46. The number of hydrogen-bond acceptors (Lipinski definition) is 2. The molecular formula is C21H23Cl2N3O2. The van der Waals surface area contributed by atoms with Crippen LogP contribution < -0.4 is 10.6 Å². The van der Waals surface area contributed by atoms with E-state index in [1.165, 1.54) is 0 Å². The van der Waals surface area contributed by atoms with Crippen molar-refractivity contribution < 1.29 is 9.59 Å². The van der Waals surface area contributed by atoms with Gasteiger partial charge in [-0.2, -0.15) is 0 Å². The van der Waals surface area contributed by atoms with Gasteiger partial charge in [-0.3, -0.25) is 4.79 Å². The van der Waals surface area contributed by atoms with Crippen LogP contribution in [0.3, 0.4) is 0 Å². The summed E-state index contributed by atoms with van der Waals surface area (Å²) < 4.78 is 0. The highest BCUT2D eigenvalue weighted by atomic mass is 35.5. The van der Waals surface area contributed by atoms with E-state index in [2.05, 4.69) is 10.6 Å². The molecule has 1 heterocycles. The molecule has 1 aliphatic rings. The number of amides is 3. The van der Waals surface area contributed by atoms with Gasteiger partial charge in [0.15, 0.2) is 0 Å². The second kappa shape index (κ2) is 9.30. The molecule has 5 nitrogen and oxygen atoms in total. The molecule has 2 aromatic rings. The average molecular weight is 420 g/mol. The van der Waals surface area contributed by atoms with E-state index in [0.29, 0.717) is 35.2 Å². The number of benzene rings is 2. The number of carbonyl (C=O) groups is 2. The predicted octanol–water partition coefficient (Wildman–Crippen LogP) is 4.41. The van der Waals surface area contributed by atoms with E-state index in [4.69, 9.17) is 23.2 Å². The Labute approximate surface area is 175 Å². The van der Waals surface area contributed by atoms with Gasteiger partial charge < -0.3 is 15.5 Å². The van der Waals surface area contributed by atoms with Gasteiger partial charge in [-0.25, -0.2) is 4.79 Å². The Kier molecular flexibility index (Phi) is 6.81. The Morgan fingerprint density at radius 2 is 1.82 bits per heavy atom. The van der Waals surface area contributed by atoms with Gasteiger partial charge in [-0.15, -0.1) is 0 Å². The van der Waals surface area contributed by atoms with Crippen LogP contribution >= 0.6 is 23.2 Å². The molecule has 2 aromatic carbocycles. The van der Waals surface area contributed by atoms with Crippen LogP contribution in [0.5, 0.6) is 0 Å². The number of rotatable bonds is 4. The van der Waals surface area contributed by atoms with E-state index in [1.54, 1.807) is 23.1 Å². The standard InChI is InChI=1S/C21H23Cl2N3O2/c1-14-4-2-3-5-18(14)20(27)25-17-8-10-26(11-9-17)21(28)24-13-15-6-7-16(22)12-19(15)23/h2-7,12,17H,8-11,13H2,1H3,(H,24,28)(H,25,27). The van der Waals surface area contributed by atoms with E-state index in [-0.39, 0.29) is 18.0 Å². The molecule has 0 unspecified atom stereocenters. The molecule has 1 fully saturated rings. The summed E-state index contributed by atoms with van der Waals surface area (Å²) in [4.78, 5) is 26.6. The van der Waals surface area contributed by atoms with Crippen LogP contribution in [0.15, 0.2) is 42.5 Å².